The number of hydrogen-bond donors (Lipinski definition) is 1. The molecule has 0 spiro atoms. The summed E-state index contributed by atoms with van der Waals surface area (Å²) in [6, 6.07) is 0. The number of ether oxygens (including phenoxy) is 1. The van der Waals surface area contributed by atoms with E-state index in [9.17, 15) is 0 Å². The zero-order valence-corrected chi connectivity index (χ0v) is 9.24. The maximum Gasteiger partial charge on any atom is 0.114 e. The van der Waals surface area contributed by atoms with Crippen molar-refractivity contribution in [2.24, 2.45) is 0 Å². The second kappa shape index (κ2) is 5.07. The van der Waals surface area contributed by atoms with Gasteiger partial charge in [-0.05, 0) is 33.3 Å². The predicted octanol–water partition coefficient (Wildman–Crippen LogP) is 2.48. The van der Waals surface area contributed by atoms with E-state index in [0.29, 0.717) is 12.4 Å². The number of nitrogens with one attached hydrogen (secondary N) is 1. The summed E-state index contributed by atoms with van der Waals surface area (Å²) in [7, 11) is 0. The molecule has 0 aromatic carbocycles. The molecule has 0 heterocycles. The molecule has 13 heavy (non-hydrogen) atoms. The van der Waals surface area contributed by atoms with Gasteiger partial charge in [0.15, 0.2) is 0 Å². The molecule has 1 N–H and O–H groups in total. The Morgan fingerprint density at radius 2 is 1.85 bits per heavy atom. The molecule has 0 radical (unpaired) electrons. The molecule has 0 aliphatic heterocycles. The molecule has 2 nitrogen and oxygen atoms in total. The quantitative estimate of drug-likeness (QED) is 0.401. The predicted molar refractivity (Wildman–Crippen MR) is 57.7 cm³/mol. The lowest BCUT2D eigenvalue weighted by molar-refractivity contribution is 0.211. The Morgan fingerprint density at radius 1 is 1.31 bits per heavy atom. The third-order valence-electron chi connectivity index (χ3n) is 1.51. The Hall–Kier alpha value is -0.760. The molecule has 2 heteroatoms. The third-order valence-corrected chi connectivity index (χ3v) is 1.51. The Balaban J connectivity index is 3.47. The summed E-state index contributed by atoms with van der Waals surface area (Å²) in [5.74, 6) is 0.677. The van der Waals surface area contributed by atoms with E-state index >= 15 is 0 Å². The molecule has 0 rings (SSSR count). The Bertz CT molecular complexity index is 189. The minimum absolute atomic E-state index is 0.147. The van der Waals surface area contributed by atoms with Gasteiger partial charge in [0.25, 0.3) is 0 Å². The number of hydrogen-bond acceptors (Lipinski definition) is 2. The van der Waals surface area contributed by atoms with E-state index in [1.807, 2.05) is 6.92 Å². The minimum Gasteiger partial charge on any atom is -0.493 e. The van der Waals surface area contributed by atoms with Crippen LogP contribution in [-0.4, -0.2) is 18.7 Å². The van der Waals surface area contributed by atoms with Gasteiger partial charge in [0.2, 0.25) is 0 Å². The van der Waals surface area contributed by atoms with Gasteiger partial charge in [0, 0.05) is 12.1 Å². The Morgan fingerprint density at radius 3 is 2.23 bits per heavy atom. The van der Waals surface area contributed by atoms with Crippen LogP contribution >= 0.6 is 0 Å². The molecule has 0 saturated heterocycles. The van der Waals surface area contributed by atoms with Crippen LogP contribution in [0.3, 0.4) is 0 Å². The van der Waals surface area contributed by atoms with Crippen molar-refractivity contribution in [1.29, 1.82) is 0 Å². The first-order valence-corrected chi connectivity index (χ1v) is 4.55. The molecule has 0 atom stereocenters. The summed E-state index contributed by atoms with van der Waals surface area (Å²) in [6.07, 6.45) is 0. The SMILES string of the molecule is C=C(C)C(=C)OCCNC(C)(C)C. The average molecular weight is 183 g/mol. The maximum atomic E-state index is 5.34. The molecule has 0 aromatic rings. The van der Waals surface area contributed by atoms with Crippen LogP contribution in [0.4, 0.5) is 0 Å². The second-order valence-electron chi connectivity index (χ2n) is 4.23. The van der Waals surface area contributed by atoms with E-state index in [1.54, 1.807) is 0 Å². The zero-order valence-electron chi connectivity index (χ0n) is 9.24. The van der Waals surface area contributed by atoms with E-state index in [-0.39, 0.29) is 5.54 Å². The first kappa shape index (κ1) is 12.2. The molecule has 0 bridgehead atoms. The molecule has 0 saturated carbocycles. The van der Waals surface area contributed by atoms with Crippen molar-refractivity contribution < 1.29 is 4.74 Å². The van der Waals surface area contributed by atoms with E-state index in [0.717, 1.165) is 12.1 Å². The van der Waals surface area contributed by atoms with Gasteiger partial charge >= 0.3 is 0 Å². The monoisotopic (exact) mass is 183 g/mol. The number of rotatable bonds is 5. The average Bonchev–Trinajstić information content (AvgIpc) is 1.95. The van der Waals surface area contributed by atoms with Crippen LogP contribution in [0.15, 0.2) is 24.5 Å². The highest BCUT2D eigenvalue weighted by Crippen LogP contribution is 2.04. The third kappa shape index (κ3) is 7.60. The fraction of sp³-hybridized carbons (Fsp3) is 0.636. The standard InChI is InChI=1S/C11H21NO/c1-9(2)10(3)13-8-7-12-11(4,5)6/h12H,1,3,7-8H2,2,4-6H3. The smallest absolute Gasteiger partial charge is 0.114 e. The van der Waals surface area contributed by atoms with Crippen molar-refractivity contribution >= 4 is 0 Å². The van der Waals surface area contributed by atoms with Crippen LogP contribution in [-0.2, 0) is 4.74 Å². The first-order valence-electron chi connectivity index (χ1n) is 4.55. The second-order valence-corrected chi connectivity index (χ2v) is 4.23. The fourth-order valence-corrected chi connectivity index (χ4v) is 0.723. The summed E-state index contributed by atoms with van der Waals surface area (Å²) in [5, 5.41) is 3.32. The Labute approximate surface area is 81.7 Å². The van der Waals surface area contributed by atoms with Crippen molar-refractivity contribution in [3.05, 3.63) is 24.5 Å². The van der Waals surface area contributed by atoms with Gasteiger partial charge in [0.1, 0.15) is 12.4 Å². The summed E-state index contributed by atoms with van der Waals surface area (Å²) in [5.41, 5.74) is 1.03. The van der Waals surface area contributed by atoms with E-state index < -0.39 is 0 Å². The van der Waals surface area contributed by atoms with Crippen molar-refractivity contribution in [1.82, 2.24) is 5.32 Å². The van der Waals surface area contributed by atoms with Gasteiger partial charge in [-0.1, -0.05) is 13.2 Å². The molecule has 0 amide bonds. The summed E-state index contributed by atoms with van der Waals surface area (Å²) < 4.78 is 5.34. The molecule has 0 aliphatic rings. The molecular formula is C11H21NO. The maximum absolute atomic E-state index is 5.34. The normalized spacial score (nSPS) is 11.1. The molecule has 0 aromatic heterocycles. The summed E-state index contributed by atoms with van der Waals surface area (Å²) in [4.78, 5) is 0. The van der Waals surface area contributed by atoms with Crippen LogP contribution in [0.2, 0.25) is 0 Å². The lowest BCUT2D eigenvalue weighted by Crippen LogP contribution is -2.37. The molecule has 0 unspecified atom stereocenters. The van der Waals surface area contributed by atoms with Crippen LogP contribution in [0, 0.1) is 0 Å². The minimum atomic E-state index is 0.147. The highest BCUT2D eigenvalue weighted by molar-refractivity contribution is 5.15. The Kier molecular flexibility index (Phi) is 4.78. The summed E-state index contributed by atoms with van der Waals surface area (Å²) >= 11 is 0. The van der Waals surface area contributed by atoms with Crippen LogP contribution < -0.4 is 5.32 Å². The van der Waals surface area contributed by atoms with Crippen molar-refractivity contribution in [2.45, 2.75) is 33.2 Å². The zero-order chi connectivity index (χ0) is 10.5. The molecule has 0 aliphatic carbocycles. The molecule has 76 valence electrons. The van der Waals surface area contributed by atoms with Gasteiger partial charge in [-0.15, -0.1) is 0 Å². The van der Waals surface area contributed by atoms with Crippen LogP contribution in [0.25, 0.3) is 0 Å². The summed E-state index contributed by atoms with van der Waals surface area (Å²) in [6.45, 7) is 17.2. The lowest BCUT2D eigenvalue weighted by atomic mass is 10.1. The van der Waals surface area contributed by atoms with Gasteiger partial charge in [-0.2, -0.15) is 0 Å². The van der Waals surface area contributed by atoms with E-state index in [4.69, 9.17) is 4.74 Å². The van der Waals surface area contributed by atoms with Gasteiger partial charge in [-0.25, -0.2) is 0 Å². The highest BCUT2D eigenvalue weighted by Gasteiger charge is 2.07. The first-order chi connectivity index (χ1) is 5.83. The van der Waals surface area contributed by atoms with Crippen molar-refractivity contribution in [3.63, 3.8) is 0 Å². The van der Waals surface area contributed by atoms with Gasteiger partial charge in [0.05, 0.1) is 0 Å². The molecule has 0 fully saturated rings. The largest absolute Gasteiger partial charge is 0.493 e. The van der Waals surface area contributed by atoms with Crippen LogP contribution in [0.5, 0.6) is 0 Å². The van der Waals surface area contributed by atoms with Gasteiger partial charge in [-0.3, -0.25) is 0 Å². The van der Waals surface area contributed by atoms with Gasteiger partial charge < -0.3 is 10.1 Å². The van der Waals surface area contributed by atoms with E-state index in [1.165, 1.54) is 0 Å². The molecular weight excluding hydrogens is 162 g/mol. The topological polar surface area (TPSA) is 21.3 Å². The fourth-order valence-electron chi connectivity index (χ4n) is 0.723. The van der Waals surface area contributed by atoms with Crippen LogP contribution in [0.1, 0.15) is 27.7 Å². The van der Waals surface area contributed by atoms with E-state index in [2.05, 4.69) is 39.2 Å². The number of allylic oxidation sites excluding steroid dienone is 1. The lowest BCUT2D eigenvalue weighted by Gasteiger charge is -2.20. The highest BCUT2D eigenvalue weighted by atomic mass is 16.5. The van der Waals surface area contributed by atoms with Crippen molar-refractivity contribution in [2.75, 3.05) is 13.2 Å². The van der Waals surface area contributed by atoms with Crippen molar-refractivity contribution in [3.8, 4) is 0 Å².